The highest BCUT2D eigenvalue weighted by atomic mass is 32.2. The van der Waals surface area contributed by atoms with Crippen LogP contribution in [-0.4, -0.2) is 9.97 Å². The summed E-state index contributed by atoms with van der Waals surface area (Å²) in [5.74, 6) is 0.120. The fourth-order valence-electron chi connectivity index (χ4n) is 1.66. The van der Waals surface area contributed by atoms with Gasteiger partial charge in [0.05, 0.1) is 5.69 Å². The molecule has 0 spiro atoms. The molecule has 0 saturated heterocycles. The van der Waals surface area contributed by atoms with Crippen LogP contribution in [0.3, 0.4) is 0 Å². The number of thioether (sulfide) groups is 1. The topological polar surface area (TPSA) is 51.8 Å². The number of aromatic nitrogens is 2. The molecular formula is C14H16FN3S. The molecule has 2 aromatic rings. The van der Waals surface area contributed by atoms with Gasteiger partial charge in [-0.15, -0.1) is 0 Å². The smallest absolute Gasteiger partial charge is 0.188 e. The molecule has 2 N–H and O–H groups in total. The van der Waals surface area contributed by atoms with E-state index in [9.17, 15) is 4.39 Å². The molecule has 3 nitrogen and oxygen atoms in total. The molecule has 0 bridgehead atoms. The van der Waals surface area contributed by atoms with Crippen LogP contribution in [0.5, 0.6) is 0 Å². The van der Waals surface area contributed by atoms with Gasteiger partial charge in [0.15, 0.2) is 5.16 Å². The van der Waals surface area contributed by atoms with Gasteiger partial charge in [0.2, 0.25) is 0 Å². The van der Waals surface area contributed by atoms with Crippen molar-refractivity contribution in [2.24, 2.45) is 0 Å². The molecule has 1 aromatic carbocycles. The Labute approximate surface area is 116 Å². The first-order chi connectivity index (χ1) is 8.99. The van der Waals surface area contributed by atoms with Gasteiger partial charge in [-0.05, 0) is 32.4 Å². The van der Waals surface area contributed by atoms with Crippen LogP contribution in [0.4, 0.5) is 10.1 Å². The summed E-state index contributed by atoms with van der Waals surface area (Å²) in [6, 6.07) is 5.04. The van der Waals surface area contributed by atoms with Crippen molar-refractivity contribution in [1.82, 2.24) is 9.97 Å². The summed E-state index contributed by atoms with van der Waals surface area (Å²) < 4.78 is 13.7. The lowest BCUT2D eigenvalue weighted by atomic mass is 10.2. The molecule has 0 atom stereocenters. The minimum absolute atomic E-state index is 0.176. The molecule has 0 aliphatic carbocycles. The van der Waals surface area contributed by atoms with Crippen molar-refractivity contribution in [3.05, 3.63) is 46.5 Å². The Morgan fingerprint density at radius 1 is 1.16 bits per heavy atom. The molecular weight excluding hydrogens is 261 g/mol. The first-order valence-electron chi connectivity index (χ1n) is 5.96. The van der Waals surface area contributed by atoms with Gasteiger partial charge in [0, 0.05) is 22.7 Å². The second kappa shape index (κ2) is 5.57. The van der Waals surface area contributed by atoms with E-state index in [0.29, 0.717) is 16.5 Å². The van der Waals surface area contributed by atoms with Crippen LogP contribution in [0, 0.1) is 26.6 Å². The second-order valence-electron chi connectivity index (χ2n) is 4.41. The third-order valence-corrected chi connectivity index (χ3v) is 3.97. The number of halogens is 1. The van der Waals surface area contributed by atoms with Crippen LogP contribution in [0.2, 0.25) is 0 Å². The van der Waals surface area contributed by atoms with Gasteiger partial charge >= 0.3 is 0 Å². The average Bonchev–Trinajstić information content (AvgIpc) is 2.37. The fraction of sp³-hybridized carbons (Fsp3) is 0.286. The van der Waals surface area contributed by atoms with Crippen LogP contribution in [0.1, 0.15) is 22.5 Å². The SMILES string of the molecule is Cc1nc(SCc2cccc(N)c2F)nc(C)c1C. The molecule has 1 heterocycles. The van der Waals surface area contributed by atoms with Gasteiger partial charge in [-0.2, -0.15) is 0 Å². The summed E-state index contributed by atoms with van der Waals surface area (Å²) in [6.45, 7) is 5.90. The van der Waals surface area contributed by atoms with Crippen molar-refractivity contribution in [3.63, 3.8) is 0 Å². The fourth-order valence-corrected chi connectivity index (χ4v) is 2.57. The standard InChI is InChI=1S/C14H16FN3S/c1-8-9(2)17-14(18-10(8)3)19-7-11-5-4-6-12(16)13(11)15/h4-6H,7,16H2,1-3H3. The molecule has 0 aliphatic rings. The number of nitrogens with zero attached hydrogens (tertiary/aromatic N) is 2. The van der Waals surface area contributed by atoms with E-state index < -0.39 is 0 Å². The number of nitrogen functional groups attached to an aromatic ring is 1. The summed E-state index contributed by atoms with van der Waals surface area (Å²) >= 11 is 1.42. The van der Waals surface area contributed by atoms with Gasteiger partial charge in [0.1, 0.15) is 5.82 Å². The Balaban J connectivity index is 2.17. The van der Waals surface area contributed by atoms with Crippen molar-refractivity contribution in [2.75, 3.05) is 5.73 Å². The third-order valence-electron chi connectivity index (χ3n) is 3.08. The molecule has 0 saturated carbocycles. The highest BCUT2D eigenvalue weighted by Crippen LogP contribution is 2.24. The second-order valence-corrected chi connectivity index (χ2v) is 5.35. The molecule has 0 fully saturated rings. The van der Waals surface area contributed by atoms with Crippen LogP contribution >= 0.6 is 11.8 Å². The molecule has 1 aromatic heterocycles. The van der Waals surface area contributed by atoms with Crippen molar-refractivity contribution < 1.29 is 4.39 Å². The number of nitrogens with two attached hydrogens (primary N) is 1. The maximum absolute atomic E-state index is 13.7. The van der Waals surface area contributed by atoms with Crippen molar-refractivity contribution in [3.8, 4) is 0 Å². The van der Waals surface area contributed by atoms with E-state index in [1.165, 1.54) is 11.8 Å². The molecule has 0 unspecified atom stereocenters. The Bertz CT molecular complexity index is 591. The van der Waals surface area contributed by atoms with E-state index in [0.717, 1.165) is 17.0 Å². The molecule has 2 rings (SSSR count). The number of aryl methyl sites for hydroxylation is 2. The lowest BCUT2D eigenvalue weighted by molar-refractivity contribution is 0.622. The van der Waals surface area contributed by atoms with E-state index in [1.54, 1.807) is 18.2 Å². The number of hydrogen-bond donors (Lipinski definition) is 1. The monoisotopic (exact) mass is 277 g/mol. The molecule has 100 valence electrons. The first-order valence-corrected chi connectivity index (χ1v) is 6.95. The zero-order chi connectivity index (χ0) is 14.0. The summed E-state index contributed by atoms with van der Waals surface area (Å²) in [4.78, 5) is 8.80. The molecule has 0 radical (unpaired) electrons. The van der Waals surface area contributed by atoms with Gasteiger partial charge in [-0.3, -0.25) is 0 Å². The predicted octanol–water partition coefficient (Wildman–Crippen LogP) is 3.42. The maximum Gasteiger partial charge on any atom is 0.188 e. The highest BCUT2D eigenvalue weighted by Gasteiger charge is 2.09. The first kappa shape index (κ1) is 13.8. The minimum atomic E-state index is -0.351. The average molecular weight is 277 g/mol. The van der Waals surface area contributed by atoms with Crippen LogP contribution in [0.15, 0.2) is 23.4 Å². The third kappa shape index (κ3) is 3.04. The maximum atomic E-state index is 13.7. The largest absolute Gasteiger partial charge is 0.396 e. The van der Waals surface area contributed by atoms with Gasteiger partial charge in [0.25, 0.3) is 0 Å². The summed E-state index contributed by atoms with van der Waals surface area (Å²) in [5, 5.41) is 0.669. The quantitative estimate of drug-likeness (QED) is 0.530. The lowest BCUT2D eigenvalue weighted by Gasteiger charge is -2.07. The number of benzene rings is 1. The van der Waals surface area contributed by atoms with Crippen molar-refractivity contribution in [1.29, 1.82) is 0 Å². The predicted molar refractivity (Wildman–Crippen MR) is 76.6 cm³/mol. The molecule has 0 amide bonds. The Kier molecular flexibility index (Phi) is 4.04. The van der Waals surface area contributed by atoms with Gasteiger partial charge in [-0.1, -0.05) is 23.9 Å². The molecule has 19 heavy (non-hydrogen) atoms. The lowest BCUT2D eigenvalue weighted by Crippen LogP contribution is -1.99. The van der Waals surface area contributed by atoms with E-state index in [-0.39, 0.29) is 11.5 Å². The number of rotatable bonds is 3. The summed E-state index contributed by atoms with van der Waals surface area (Å²) in [6.07, 6.45) is 0. The van der Waals surface area contributed by atoms with Crippen molar-refractivity contribution >= 4 is 17.4 Å². The zero-order valence-electron chi connectivity index (χ0n) is 11.2. The van der Waals surface area contributed by atoms with Gasteiger partial charge in [-0.25, -0.2) is 14.4 Å². The molecule has 5 heteroatoms. The highest BCUT2D eigenvalue weighted by molar-refractivity contribution is 7.98. The Morgan fingerprint density at radius 3 is 2.42 bits per heavy atom. The normalized spacial score (nSPS) is 10.7. The van der Waals surface area contributed by atoms with E-state index in [4.69, 9.17) is 5.73 Å². The Morgan fingerprint density at radius 2 is 1.79 bits per heavy atom. The van der Waals surface area contributed by atoms with E-state index in [1.807, 2.05) is 20.8 Å². The zero-order valence-corrected chi connectivity index (χ0v) is 12.0. The van der Waals surface area contributed by atoms with E-state index in [2.05, 4.69) is 9.97 Å². The van der Waals surface area contributed by atoms with Gasteiger partial charge < -0.3 is 5.73 Å². The van der Waals surface area contributed by atoms with Crippen LogP contribution in [0.25, 0.3) is 0 Å². The van der Waals surface area contributed by atoms with Crippen molar-refractivity contribution in [2.45, 2.75) is 31.7 Å². The summed E-state index contributed by atoms with van der Waals surface area (Å²) in [7, 11) is 0. The molecule has 0 aliphatic heterocycles. The Hall–Kier alpha value is -1.62. The minimum Gasteiger partial charge on any atom is -0.396 e. The van der Waals surface area contributed by atoms with Crippen LogP contribution in [-0.2, 0) is 5.75 Å². The number of hydrogen-bond acceptors (Lipinski definition) is 4. The number of anilines is 1. The van der Waals surface area contributed by atoms with E-state index >= 15 is 0 Å². The van der Waals surface area contributed by atoms with Crippen LogP contribution < -0.4 is 5.73 Å². The summed E-state index contributed by atoms with van der Waals surface area (Å²) in [5.41, 5.74) is 9.31.